The number of fused-ring (bicyclic) bond motifs is 8. The third kappa shape index (κ3) is 6.26. The molecule has 0 saturated heterocycles. The fraction of sp³-hybridized carbons (Fsp3) is 0.111. The maximum Gasteiger partial charge on any atom is 0.0618 e. The van der Waals surface area contributed by atoms with E-state index in [1.807, 2.05) is 11.3 Å². The zero-order valence-corrected chi connectivity index (χ0v) is 38.3. The molecule has 0 atom stereocenters. The van der Waals surface area contributed by atoms with Crippen molar-refractivity contribution in [1.29, 1.82) is 0 Å². The quantitative estimate of drug-likeness (QED) is 0.161. The molecule has 12 rings (SSSR count). The predicted octanol–water partition coefficient (Wildman–Crippen LogP) is 18.4. The lowest BCUT2D eigenvalue weighted by Crippen LogP contribution is -2.17. The van der Waals surface area contributed by atoms with Crippen molar-refractivity contribution in [3.8, 4) is 44.5 Å². The lowest BCUT2D eigenvalue weighted by atomic mass is 9.80. The smallest absolute Gasteiger partial charge is 0.0618 e. The second-order valence-electron chi connectivity index (χ2n) is 19.3. The predicted molar refractivity (Wildman–Crippen MR) is 282 cm³/mol. The lowest BCUT2D eigenvalue weighted by Gasteiger charge is -2.34. The highest BCUT2D eigenvalue weighted by Crippen LogP contribution is 2.55. The number of nitrogens with zero attached hydrogens (tertiary/aromatic N) is 1. The number of anilines is 3. The maximum absolute atomic E-state index is 2.60. The highest BCUT2D eigenvalue weighted by molar-refractivity contribution is 7.26. The third-order valence-corrected chi connectivity index (χ3v) is 15.2. The first-order chi connectivity index (χ1) is 31.6. The van der Waals surface area contributed by atoms with Gasteiger partial charge in [-0.05, 0) is 102 Å². The standard InChI is InChI=1S/C63H49NS/c1-62(2,3)56-39-52(40-18-7-6-8-19-40)60(50-25-12-11-22-47(50)56)64(44-35-36-55-53(38-44)48-23-13-15-28-54(48)63(55,4)5)57-37-34-41-20-9-10-21-45(41)59(57)43-32-30-42(31-33-43)46-26-17-27-51-49-24-14-16-29-58(49)65-61(46)51/h6-39H,1-5H3. The molecule has 0 spiro atoms. The molecule has 0 bridgehead atoms. The zero-order valence-electron chi connectivity index (χ0n) is 37.5. The molecule has 312 valence electrons. The van der Waals surface area contributed by atoms with Crippen LogP contribution in [0.3, 0.4) is 0 Å². The van der Waals surface area contributed by atoms with Crippen LogP contribution in [0.1, 0.15) is 51.3 Å². The van der Waals surface area contributed by atoms with Crippen LogP contribution in [0.5, 0.6) is 0 Å². The first-order valence-corrected chi connectivity index (χ1v) is 23.7. The summed E-state index contributed by atoms with van der Waals surface area (Å²) in [5.41, 5.74) is 17.2. The molecule has 1 aromatic heterocycles. The molecule has 0 unspecified atom stereocenters. The van der Waals surface area contributed by atoms with Crippen LogP contribution in [0.4, 0.5) is 17.1 Å². The van der Waals surface area contributed by atoms with Crippen LogP contribution in [0, 0.1) is 0 Å². The molecule has 0 amide bonds. The van der Waals surface area contributed by atoms with Crippen molar-refractivity contribution in [3.63, 3.8) is 0 Å². The van der Waals surface area contributed by atoms with Gasteiger partial charge in [-0.2, -0.15) is 0 Å². The van der Waals surface area contributed by atoms with Gasteiger partial charge in [0.2, 0.25) is 0 Å². The summed E-state index contributed by atoms with van der Waals surface area (Å²) in [6, 6.07) is 77.3. The van der Waals surface area contributed by atoms with Crippen molar-refractivity contribution in [1.82, 2.24) is 0 Å². The minimum absolute atomic E-state index is 0.0919. The topological polar surface area (TPSA) is 3.24 Å². The van der Waals surface area contributed by atoms with Crippen molar-refractivity contribution >= 4 is 70.1 Å². The minimum Gasteiger partial charge on any atom is -0.309 e. The zero-order chi connectivity index (χ0) is 44.0. The van der Waals surface area contributed by atoms with E-state index in [2.05, 4.69) is 246 Å². The molecular formula is C63H49NS. The Hall–Kier alpha value is -7.26. The summed E-state index contributed by atoms with van der Waals surface area (Å²) >= 11 is 1.89. The highest BCUT2D eigenvalue weighted by Gasteiger charge is 2.36. The van der Waals surface area contributed by atoms with E-state index in [9.17, 15) is 0 Å². The van der Waals surface area contributed by atoms with E-state index in [4.69, 9.17) is 0 Å². The molecule has 1 aliphatic rings. The lowest BCUT2D eigenvalue weighted by molar-refractivity contribution is 0.596. The van der Waals surface area contributed by atoms with Gasteiger partial charge in [-0.3, -0.25) is 0 Å². The first kappa shape index (κ1) is 39.3. The van der Waals surface area contributed by atoms with Crippen LogP contribution >= 0.6 is 11.3 Å². The monoisotopic (exact) mass is 851 g/mol. The number of thiophene rings is 1. The van der Waals surface area contributed by atoms with Crippen LogP contribution in [0.25, 0.3) is 86.2 Å². The summed E-state index contributed by atoms with van der Waals surface area (Å²) < 4.78 is 2.66. The Balaban J connectivity index is 1.16. The van der Waals surface area contributed by atoms with Gasteiger partial charge < -0.3 is 4.90 Å². The molecule has 10 aromatic carbocycles. The Morgan fingerprint density at radius 1 is 0.431 bits per heavy atom. The SMILES string of the molecule is CC(C)(C)c1cc(-c2ccccc2)c(N(c2ccc3c(c2)-c2ccccc2C3(C)C)c2ccc3ccccc3c2-c2ccc(-c3cccc4c3sc3ccccc34)cc2)c2ccccc12. The molecule has 65 heavy (non-hydrogen) atoms. The van der Waals surface area contributed by atoms with Crippen LogP contribution in [0.15, 0.2) is 206 Å². The number of rotatable bonds is 6. The summed E-state index contributed by atoms with van der Waals surface area (Å²) in [4.78, 5) is 2.60. The molecular weight excluding hydrogens is 803 g/mol. The van der Waals surface area contributed by atoms with Crippen LogP contribution < -0.4 is 4.90 Å². The van der Waals surface area contributed by atoms with Crippen molar-refractivity contribution < 1.29 is 0 Å². The molecule has 0 radical (unpaired) electrons. The Labute approximate surface area is 385 Å². The molecule has 11 aromatic rings. The van der Waals surface area contributed by atoms with Gasteiger partial charge in [0.25, 0.3) is 0 Å². The van der Waals surface area contributed by atoms with E-state index in [0.717, 1.165) is 11.4 Å². The van der Waals surface area contributed by atoms with Crippen molar-refractivity contribution in [2.24, 2.45) is 0 Å². The molecule has 0 N–H and O–H groups in total. The van der Waals surface area contributed by atoms with E-state index in [1.165, 1.54) is 109 Å². The average Bonchev–Trinajstić information content (AvgIpc) is 3.83. The van der Waals surface area contributed by atoms with E-state index in [1.54, 1.807) is 0 Å². The van der Waals surface area contributed by atoms with Crippen LogP contribution in [-0.2, 0) is 10.8 Å². The normalized spacial score (nSPS) is 13.1. The van der Waals surface area contributed by atoms with Gasteiger partial charge in [-0.25, -0.2) is 0 Å². The second-order valence-corrected chi connectivity index (χ2v) is 20.3. The fourth-order valence-electron chi connectivity index (χ4n) is 10.8. The summed E-state index contributed by atoms with van der Waals surface area (Å²) in [7, 11) is 0. The van der Waals surface area contributed by atoms with Gasteiger partial charge >= 0.3 is 0 Å². The Bertz CT molecular complexity index is 3660. The molecule has 1 aliphatic carbocycles. The van der Waals surface area contributed by atoms with Crippen LogP contribution in [0.2, 0.25) is 0 Å². The van der Waals surface area contributed by atoms with E-state index < -0.39 is 0 Å². The maximum atomic E-state index is 2.60. The molecule has 1 nitrogen and oxygen atoms in total. The number of hydrogen-bond acceptors (Lipinski definition) is 2. The Kier molecular flexibility index (Phi) is 9.02. The summed E-state index contributed by atoms with van der Waals surface area (Å²) in [5, 5.41) is 7.58. The van der Waals surface area contributed by atoms with E-state index in [-0.39, 0.29) is 10.8 Å². The minimum atomic E-state index is -0.110. The van der Waals surface area contributed by atoms with Crippen molar-refractivity contribution in [2.45, 2.75) is 45.4 Å². The molecule has 1 heterocycles. The molecule has 2 heteroatoms. The number of hydrogen-bond donors (Lipinski definition) is 0. The fourth-order valence-corrected chi connectivity index (χ4v) is 12.1. The first-order valence-electron chi connectivity index (χ1n) is 22.8. The Morgan fingerprint density at radius 3 is 1.85 bits per heavy atom. The summed E-state index contributed by atoms with van der Waals surface area (Å²) in [6.45, 7) is 11.8. The highest BCUT2D eigenvalue weighted by atomic mass is 32.1. The second kappa shape index (κ2) is 14.9. The third-order valence-electron chi connectivity index (χ3n) is 14.0. The largest absolute Gasteiger partial charge is 0.309 e. The van der Waals surface area contributed by atoms with Gasteiger partial charge in [0.05, 0.1) is 11.4 Å². The van der Waals surface area contributed by atoms with Gasteiger partial charge in [0, 0.05) is 47.8 Å². The van der Waals surface area contributed by atoms with E-state index in [0.29, 0.717) is 0 Å². The molecule has 0 fully saturated rings. The van der Waals surface area contributed by atoms with Gasteiger partial charge in [0.1, 0.15) is 0 Å². The average molecular weight is 852 g/mol. The van der Waals surface area contributed by atoms with Gasteiger partial charge in [-0.1, -0.05) is 211 Å². The number of benzene rings is 10. The van der Waals surface area contributed by atoms with Crippen molar-refractivity contribution in [2.75, 3.05) is 4.90 Å². The summed E-state index contributed by atoms with van der Waals surface area (Å²) in [5.74, 6) is 0. The van der Waals surface area contributed by atoms with Crippen molar-refractivity contribution in [3.05, 3.63) is 223 Å². The Morgan fingerprint density at radius 2 is 1.05 bits per heavy atom. The van der Waals surface area contributed by atoms with Gasteiger partial charge in [-0.15, -0.1) is 11.3 Å². The van der Waals surface area contributed by atoms with E-state index >= 15 is 0 Å². The molecule has 0 aliphatic heterocycles. The summed E-state index contributed by atoms with van der Waals surface area (Å²) in [6.07, 6.45) is 0. The van der Waals surface area contributed by atoms with Gasteiger partial charge in [0.15, 0.2) is 0 Å². The van der Waals surface area contributed by atoms with Crippen LogP contribution in [-0.4, -0.2) is 0 Å². The molecule has 0 saturated carbocycles.